The van der Waals surface area contributed by atoms with Gasteiger partial charge in [0.2, 0.25) is 11.8 Å². The minimum absolute atomic E-state index is 0.00785. The van der Waals surface area contributed by atoms with Gasteiger partial charge < -0.3 is 4.42 Å². The van der Waals surface area contributed by atoms with Crippen molar-refractivity contribution in [2.24, 2.45) is 11.8 Å². The third-order valence-corrected chi connectivity index (χ3v) is 7.65. The van der Waals surface area contributed by atoms with Crippen LogP contribution in [-0.4, -0.2) is 37.4 Å². The van der Waals surface area contributed by atoms with E-state index >= 15 is 0 Å². The van der Waals surface area contributed by atoms with Crippen molar-refractivity contribution in [3.05, 3.63) is 59.7 Å². The molecule has 5 rings (SSSR count). The Morgan fingerprint density at radius 1 is 0.912 bits per heavy atom. The number of hydrogen-bond acceptors (Lipinski definition) is 5. The number of benzene rings is 2. The van der Waals surface area contributed by atoms with E-state index in [1.54, 1.807) is 4.72 Å². The first-order valence-electron chi connectivity index (χ1n) is 11.0. The van der Waals surface area contributed by atoms with E-state index in [0.717, 1.165) is 35.1 Å². The second kappa shape index (κ2) is 8.79. The molecular weight excluding hydrogens is 469 g/mol. The van der Waals surface area contributed by atoms with Crippen molar-refractivity contribution >= 4 is 10.2 Å². The summed E-state index contributed by atoms with van der Waals surface area (Å²) in [6, 6.07) is 14.9. The van der Waals surface area contributed by atoms with Gasteiger partial charge in [0.25, 0.3) is 10.2 Å². The Morgan fingerprint density at radius 2 is 1.56 bits per heavy atom. The third kappa shape index (κ3) is 5.01. The molecule has 7 nitrogen and oxygen atoms in total. The van der Waals surface area contributed by atoms with Gasteiger partial charge in [-0.3, -0.25) is 0 Å². The van der Waals surface area contributed by atoms with Gasteiger partial charge in [-0.25, -0.2) is 0 Å². The maximum Gasteiger partial charge on any atom is 0.402 e. The minimum atomic E-state index is -4.61. The number of aromatic nitrogens is 2. The highest BCUT2D eigenvalue weighted by Crippen LogP contribution is 2.41. The van der Waals surface area contributed by atoms with Crippen molar-refractivity contribution in [1.82, 2.24) is 19.6 Å². The van der Waals surface area contributed by atoms with Crippen molar-refractivity contribution < 1.29 is 26.0 Å². The summed E-state index contributed by atoms with van der Waals surface area (Å²) in [4.78, 5) is 0. The molecule has 0 radical (unpaired) electrons. The smallest absolute Gasteiger partial charge is 0.402 e. The number of nitrogens with zero attached hydrogens (tertiary/aromatic N) is 2. The number of alkyl halides is 3. The fraction of sp³-hybridized carbons (Fsp3) is 0.391. The topological polar surface area (TPSA) is 97.1 Å². The summed E-state index contributed by atoms with van der Waals surface area (Å²) in [5, 5.41) is 8.32. The van der Waals surface area contributed by atoms with E-state index < -0.39 is 29.0 Å². The fourth-order valence-electron chi connectivity index (χ4n) is 4.97. The molecule has 0 aliphatic heterocycles. The molecule has 34 heavy (non-hydrogen) atoms. The number of rotatable bonds is 6. The molecule has 2 aliphatic carbocycles. The molecule has 1 fully saturated rings. The van der Waals surface area contributed by atoms with Gasteiger partial charge in [0.1, 0.15) is 6.54 Å². The molecule has 2 N–H and O–H groups in total. The second-order valence-corrected chi connectivity index (χ2v) is 10.4. The zero-order valence-corrected chi connectivity index (χ0v) is 18.9. The Labute approximate surface area is 195 Å². The Hall–Kier alpha value is -2.76. The first-order chi connectivity index (χ1) is 16.2. The molecule has 11 heteroatoms. The van der Waals surface area contributed by atoms with E-state index in [1.807, 2.05) is 48.5 Å². The van der Waals surface area contributed by atoms with Crippen molar-refractivity contribution in [2.45, 2.75) is 37.9 Å². The summed E-state index contributed by atoms with van der Waals surface area (Å²) in [6.45, 7) is -1.59. The summed E-state index contributed by atoms with van der Waals surface area (Å²) in [5.41, 5.74) is 3.76. The first kappa shape index (κ1) is 23.0. The summed E-state index contributed by atoms with van der Waals surface area (Å²) in [5.74, 6) is 0.828. The summed E-state index contributed by atoms with van der Waals surface area (Å²) >= 11 is 0. The van der Waals surface area contributed by atoms with Crippen LogP contribution in [0.5, 0.6) is 0 Å². The van der Waals surface area contributed by atoms with Crippen LogP contribution in [0.2, 0.25) is 0 Å². The quantitative estimate of drug-likeness (QED) is 0.544. The van der Waals surface area contributed by atoms with E-state index in [4.69, 9.17) is 4.42 Å². The van der Waals surface area contributed by atoms with Crippen LogP contribution in [0.4, 0.5) is 13.2 Å². The molecule has 2 aliphatic rings. The lowest BCUT2D eigenvalue weighted by molar-refractivity contribution is -0.121. The van der Waals surface area contributed by atoms with Crippen LogP contribution in [0, 0.1) is 11.8 Å². The second-order valence-electron chi connectivity index (χ2n) is 8.85. The van der Waals surface area contributed by atoms with E-state index in [9.17, 15) is 21.6 Å². The molecule has 0 spiro atoms. The summed E-state index contributed by atoms with van der Waals surface area (Å²) < 4.78 is 71.9. The average molecular weight is 493 g/mol. The SMILES string of the molecule is O=S(=O)(NCC(F)(F)F)N[C@H]1[C@@H]2CC[C@H]1Cc1ccc(-c3nnc(-c4ccccc4)o3)cc1C2. The average Bonchev–Trinajstić information content (AvgIpc) is 3.38. The lowest BCUT2D eigenvalue weighted by Crippen LogP contribution is -2.49. The van der Waals surface area contributed by atoms with Crippen LogP contribution in [0.3, 0.4) is 0 Å². The molecule has 2 aromatic carbocycles. The highest BCUT2D eigenvalue weighted by Gasteiger charge is 2.41. The molecule has 1 heterocycles. The van der Waals surface area contributed by atoms with Gasteiger partial charge in [0.15, 0.2) is 0 Å². The third-order valence-electron chi connectivity index (χ3n) is 6.54. The summed E-state index contributed by atoms with van der Waals surface area (Å²) in [7, 11) is -4.27. The normalized spacial score (nSPS) is 22.4. The van der Waals surface area contributed by atoms with Gasteiger partial charge in [0, 0.05) is 17.2 Å². The Bertz CT molecular complexity index is 1280. The van der Waals surface area contributed by atoms with Gasteiger partial charge in [-0.1, -0.05) is 24.3 Å². The molecule has 0 unspecified atom stereocenters. The Balaban J connectivity index is 1.34. The Morgan fingerprint density at radius 3 is 2.24 bits per heavy atom. The number of hydrogen-bond donors (Lipinski definition) is 2. The van der Waals surface area contributed by atoms with Crippen LogP contribution in [0.25, 0.3) is 22.9 Å². The van der Waals surface area contributed by atoms with Gasteiger partial charge >= 0.3 is 6.18 Å². The van der Waals surface area contributed by atoms with Crippen LogP contribution in [0.1, 0.15) is 24.0 Å². The van der Waals surface area contributed by atoms with E-state index in [-0.39, 0.29) is 11.8 Å². The summed E-state index contributed by atoms with van der Waals surface area (Å²) in [6.07, 6.45) is -1.72. The number of nitrogens with one attached hydrogen (secondary N) is 2. The van der Waals surface area contributed by atoms with Crippen molar-refractivity contribution in [3.63, 3.8) is 0 Å². The lowest BCUT2D eigenvalue weighted by Gasteiger charge is -2.23. The molecule has 3 aromatic rings. The van der Waals surface area contributed by atoms with E-state index in [0.29, 0.717) is 24.6 Å². The van der Waals surface area contributed by atoms with E-state index in [1.165, 1.54) is 0 Å². The van der Waals surface area contributed by atoms with Gasteiger partial charge in [0.05, 0.1) is 0 Å². The molecule has 2 bridgehead atoms. The molecule has 180 valence electrons. The monoisotopic (exact) mass is 492 g/mol. The molecule has 1 aromatic heterocycles. The number of fused-ring (bicyclic) bond motifs is 3. The van der Waals surface area contributed by atoms with Gasteiger partial charge in [-0.05, 0) is 72.9 Å². The Kier molecular flexibility index (Phi) is 5.95. The zero-order valence-electron chi connectivity index (χ0n) is 18.0. The van der Waals surface area contributed by atoms with Crippen molar-refractivity contribution in [3.8, 4) is 22.9 Å². The standard InChI is InChI=1S/C23H23F3N4O3S/c24-23(25,26)13-27-34(31,32)30-20-16-7-8-17(20)11-19-12-18(9-6-15(19)10-16)22-29-28-21(33-22)14-4-2-1-3-5-14/h1-6,9,12,16-17,20,27,30H,7-8,10-11,13H2/t16-,17+,20+/m0/s1. The zero-order chi connectivity index (χ0) is 23.9. The van der Waals surface area contributed by atoms with E-state index in [2.05, 4.69) is 14.9 Å². The largest absolute Gasteiger partial charge is 0.416 e. The maximum absolute atomic E-state index is 12.5. The van der Waals surface area contributed by atoms with Crippen LogP contribution in [-0.2, 0) is 23.1 Å². The lowest BCUT2D eigenvalue weighted by atomic mass is 9.92. The van der Waals surface area contributed by atoms with Crippen LogP contribution >= 0.6 is 0 Å². The van der Waals surface area contributed by atoms with Gasteiger partial charge in [-0.2, -0.15) is 31.0 Å². The first-order valence-corrected chi connectivity index (χ1v) is 12.5. The molecule has 0 saturated heterocycles. The predicted octanol–water partition coefficient (Wildman–Crippen LogP) is 3.88. The maximum atomic E-state index is 12.5. The molecule has 0 amide bonds. The highest BCUT2D eigenvalue weighted by atomic mass is 32.2. The molecule has 1 saturated carbocycles. The van der Waals surface area contributed by atoms with Crippen LogP contribution in [0.15, 0.2) is 52.9 Å². The fourth-order valence-corrected chi connectivity index (χ4v) is 6.15. The van der Waals surface area contributed by atoms with Gasteiger partial charge in [-0.15, -0.1) is 10.2 Å². The van der Waals surface area contributed by atoms with Crippen molar-refractivity contribution in [2.75, 3.05) is 6.54 Å². The minimum Gasteiger partial charge on any atom is -0.416 e. The number of halogens is 3. The highest BCUT2D eigenvalue weighted by molar-refractivity contribution is 7.87. The predicted molar refractivity (Wildman–Crippen MR) is 119 cm³/mol. The van der Waals surface area contributed by atoms with Crippen molar-refractivity contribution in [1.29, 1.82) is 0 Å². The molecule has 3 atom stereocenters. The van der Waals surface area contributed by atoms with Crippen LogP contribution < -0.4 is 9.44 Å². The molecular formula is C23H23F3N4O3S.